The van der Waals surface area contributed by atoms with Gasteiger partial charge in [0.1, 0.15) is 0 Å². The van der Waals surface area contributed by atoms with Crippen molar-refractivity contribution in [3.05, 3.63) is 0 Å². The first-order valence-electron chi connectivity index (χ1n) is 3.95. The van der Waals surface area contributed by atoms with Crippen LogP contribution in [-0.2, 0) is 9.47 Å². The smallest absolute Gasteiger partial charge is 0.165 e. The molecule has 0 radical (unpaired) electrons. The van der Waals surface area contributed by atoms with Gasteiger partial charge in [-0.05, 0) is 13.3 Å². The molecular weight excluding hydrogens is 140 g/mol. The van der Waals surface area contributed by atoms with Crippen LogP contribution in [0.25, 0.3) is 0 Å². The Morgan fingerprint density at radius 3 is 2.91 bits per heavy atom. The van der Waals surface area contributed by atoms with Crippen molar-refractivity contribution in [2.24, 2.45) is 0 Å². The van der Waals surface area contributed by atoms with Crippen LogP contribution in [0.5, 0.6) is 0 Å². The zero-order chi connectivity index (χ0) is 8.32. The Bertz CT molecular complexity index is 171. The summed E-state index contributed by atoms with van der Waals surface area (Å²) >= 11 is 0. The third-order valence-electron chi connectivity index (χ3n) is 1.98. The minimum atomic E-state index is -0.387. The van der Waals surface area contributed by atoms with E-state index in [2.05, 4.69) is 5.92 Å². The highest BCUT2D eigenvalue weighted by Crippen LogP contribution is 2.27. The first-order chi connectivity index (χ1) is 5.20. The largest absolute Gasteiger partial charge is 0.347 e. The summed E-state index contributed by atoms with van der Waals surface area (Å²) in [7, 11) is 0. The molecule has 0 bridgehead atoms. The van der Waals surface area contributed by atoms with Gasteiger partial charge in [-0.1, -0.05) is 6.92 Å². The van der Waals surface area contributed by atoms with Crippen LogP contribution in [0.2, 0.25) is 0 Å². The van der Waals surface area contributed by atoms with Gasteiger partial charge >= 0.3 is 0 Å². The summed E-state index contributed by atoms with van der Waals surface area (Å²) in [5.74, 6) is 2.18. The van der Waals surface area contributed by atoms with Crippen LogP contribution in [0.4, 0.5) is 0 Å². The molecule has 0 aromatic carbocycles. The Labute approximate surface area is 67.9 Å². The van der Waals surface area contributed by atoms with E-state index in [1.54, 1.807) is 0 Å². The van der Waals surface area contributed by atoms with Gasteiger partial charge in [0.05, 0.1) is 12.7 Å². The third-order valence-corrected chi connectivity index (χ3v) is 1.98. The van der Waals surface area contributed by atoms with E-state index in [-0.39, 0.29) is 11.9 Å². The Morgan fingerprint density at radius 2 is 2.45 bits per heavy atom. The molecule has 0 N–H and O–H groups in total. The van der Waals surface area contributed by atoms with Gasteiger partial charge in [0.15, 0.2) is 5.79 Å². The van der Waals surface area contributed by atoms with Crippen molar-refractivity contribution in [3.8, 4) is 12.3 Å². The standard InChI is InChI=1S/C9H14O2/c1-4-6-8-7-10-9(3,5-2)11-8/h1,8H,5-7H2,2-3H3. The topological polar surface area (TPSA) is 18.5 Å². The van der Waals surface area contributed by atoms with E-state index >= 15 is 0 Å². The zero-order valence-electron chi connectivity index (χ0n) is 7.09. The Hall–Kier alpha value is -0.520. The number of rotatable bonds is 2. The molecular formula is C9H14O2. The molecule has 2 nitrogen and oxygen atoms in total. The fraction of sp³-hybridized carbons (Fsp3) is 0.778. The van der Waals surface area contributed by atoms with Crippen molar-refractivity contribution < 1.29 is 9.47 Å². The van der Waals surface area contributed by atoms with E-state index in [0.29, 0.717) is 13.0 Å². The zero-order valence-corrected chi connectivity index (χ0v) is 7.09. The van der Waals surface area contributed by atoms with E-state index in [9.17, 15) is 0 Å². The summed E-state index contributed by atoms with van der Waals surface area (Å²) in [6.07, 6.45) is 6.77. The SMILES string of the molecule is C#CCC1COC(C)(CC)O1. The summed E-state index contributed by atoms with van der Waals surface area (Å²) in [6, 6.07) is 0. The lowest BCUT2D eigenvalue weighted by atomic mass is 10.2. The van der Waals surface area contributed by atoms with Crippen LogP contribution in [0, 0.1) is 12.3 Å². The summed E-state index contributed by atoms with van der Waals surface area (Å²) in [6.45, 7) is 4.62. The van der Waals surface area contributed by atoms with Gasteiger partial charge in [-0.15, -0.1) is 12.3 Å². The molecule has 1 saturated heterocycles. The molecule has 0 saturated carbocycles. The minimum absolute atomic E-state index is 0.102. The highest BCUT2D eigenvalue weighted by atomic mass is 16.7. The molecule has 2 heteroatoms. The van der Waals surface area contributed by atoms with Gasteiger partial charge in [-0.2, -0.15) is 0 Å². The lowest BCUT2D eigenvalue weighted by Crippen LogP contribution is -2.25. The molecule has 0 aromatic heterocycles. The molecule has 0 amide bonds. The van der Waals surface area contributed by atoms with Gasteiger partial charge in [0, 0.05) is 6.42 Å². The van der Waals surface area contributed by atoms with Crippen LogP contribution < -0.4 is 0 Å². The highest BCUT2D eigenvalue weighted by Gasteiger charge is 2.34. The molecule has 1 heterocycles. The Balaban J connectivity index is 2.41. The summed E-state index contributed by atoms with van der Waals surface area (Å²) in [5.41, 5.74) is 0. The lowest BCUT2D eigenvalue weighted by Gasteiger charge is -2.20. The van der Waals surface area contributed by atoms with Crippen LogP contribution in [-0.4, -0.2) is 18.5 Å². The maximum Gasteiger partial charge on any atom is 0.165 e. The van der Waals surface area contributed by atoms with Crippen molar-refractivity contribution >= 4 is 0 Å². The molecule has 1 aliphatic heterocycles. The van der Waals surface area contributed by atoms with E-state index in [4.69, 9.17) is 15.9 Å². The summed E-state index contributed by atoms with van der Waals surface area (Å²) in [4.78, 5) is 0. The molecule has 62 valence electrons. The maximum absolute atomic E-state index is 5.57. The van der Waals surface area contributed by atoms with E-state index < -0.39 is 0 Å². The van der Waals surface area contributed by atoms with Gasteiger partial charge in [-0.25, -0.2) is 0 Å². The van der Waals surface area contributed by atoms with Gasteiger partial charge in [0.25, 0.3) is 0 Å². The van der Waals surface area contributed by atoms with Crippen LogP contribution in [0.3, 0.4) is 0 Å². The molecule has 1 rings (SSSR count). The third kappa shape index (κ3) is 1.95. The molecule has 1 fully saturated rings. The normalized spacial score (nSPS) is 37.0. The first kappa shape index (κ1) is 8.58. The minimum Gasteiger partial charge on any atom is -0.347 e. The molecule has 0 aromatic rings. The van der Waals surface area contributed by atoms with Crippen LogP contribution >= 0.6 is 0 Å². The predicted molar refractivity (Wildman–Crippen MR) is 43.0 cm³/mol. The second-order valence-electron chi connectivity index (χ2n) is 2.95. The number of hydrogen-bond donors (Lipinski definition) is 0. The van der Waals surface area contributed by atoms with Crippen LogP contribution in [0.1, 0.15) is 26.7 Å². The monoisotopic (exact) mass is 154 g/mol. The number of terminal acetylenes is 1. The summed E-state index contributed by atoms with van der Waals surface area (Å²) in [5, 5.41) is 0. The Morgan fingerprint density at radius 1 is 1.73 bits per heavy atom. The van der Waals surface area contributed by atoms with Crippen LogP contribution in [0.15, 0.2) is 0 Å². The second-order valence-corrected chi connectivity index (χ2v) is 2.95. The average Bonchev–Trinajstić information content (AvgIpc) is 2.35. The van der Waals surface area contributed by atoms with Gasteiger partial charge in [0.2, 0.25) is 0 Å². The van der Waals surface area contributed by atoms with E-state index in [1.807, 2.05) is 13.8 Å². The van der Waals surface area contributed by atoms with Crippen molar-refractivity contribution in [1.82, 2.24) is 0 Å². The summed E-state index contributed by atoms with van der Waals surface area (Å²) < 4.78 is 11.0. The predicted octanol–water partition coefficient (Wildman–Crippen LogP) is 1.55. The average molecular weight is 154 g/mol. The molecule has 1 aliphatic rings. The van der Waals surface area contributed by atoms with E-state index in [0.717, 1.165) is 6.42 Å². The molecule has 0 spiro atoms. The van der Waals surface area contributed by atoms with Gasteiger partial charge in [-0.3, -0.25) is 0 Å². The van der Waals surface area contributed by atoms with Crippen molar-refractivity contribution in [1.29, 1.82) is 0 Å². The molecule has 2 atom stereocenters. The molecule has 11 heavy (non-hydrogen) atoms. The fourth-order valence-electron chi connectivity index (χ4n) is 1.11. The second kappa shape index (κ2) is 3.25. The van der Waals surface area contributed by atoms with Crippen molar-refractivity contribution in [3.63, 3.8) is 0 Å². The first-order valence-corrected chi connectivity index (χ1v) is 3.95. The number of ether oxygens (including phenoxy) is 2. The fourth-order valence-corrected chi connectivity index (χ4v) is 1.11. The Kier molecular flexibility index (Phi) is 2.53. The lowest BCUT2D eigenvalue weighted by molar-refractivity contribution is -0.154. The number of hydrogen-bond acceptors (Lipinski definition) is 2. The van der Waals surface area contributed by atoms with E-state index in [1.165, 1.54) is 0 Å². The van der Waals surface area contributed by atoms with Crippen molar-refractivity contribution in [2.45, 2.75) is 38.6 Å². The molecule has 0 aliphatic carbocycles. The van der Waals surface area contributed by atoms with Crippen molar-refractivity contribution in [2.75, 3.05) is 6.61 Å². The molecule has 2 unspecified atom stereocenters. The quantitative estimate of drug-likeness (QED) is 0.562. The highest BCUT2D eigenvalue weighted by molar-refractivity contribution is 4.89. The maximum atomic E-state index is 5.57. The van der Waals surface area contributed by atoms with Gasteiger partial charge < -0.3 is 9.47 Å².